The lowest BCUT2D eigenvalue weighted by Crippen LogP contribution is -2.04. The van der Waals surface area contributed by atoms with Crippen molar-refractivity contribution in [3.05, 3.63) is 61.2 Å². The molecule has 0 N–H and O–H groups in total. The van der Waals surface area contributed by atoms with Crippen LogP contribution < -0.4 is 9.47 Å². The monoisotopic (exact) mass is 296 g/mol. The third kappa shape index (κ3) is 3.98. The predicted molar refractivity (Wildman–Crippen MR) is 88.1 cm³/mol. The average molecular weight is 296 g/mol. The van der Waals surface area contributed by atoms with Crippen molar-refractivity contribution < 1.29 is 14.3 Å². The van der Waals surface area contributed by atoms with Crippen LogP contribution in [-0.2, 0) is 4.79 Å². The van der Waals surface area contributed by atoms with Gasteiger partial charge in [-0.05, 0) is 18.6 Å². The molecule has 0 aliphatic carbocycles. The summed E-state index contributed by atoms with van der Waals surface area (Å²) in [5.74, 6) is 0.814. The lowest BCUT2D eigenvalue weighted by molar-refractivity contribution is -0.128. The van der Waals surface area contributed by atoms with Gasteiger partial charge in [0.2, 0.25) is 0 Å². The van der Waals surface area contributed by atoms with Gasteiger partial charge in [-0.15, -0.1) is 0 Å². The summed E-state index contributed by atoms with van der Waals surface area (Å²) in [6, 6.07) is 15.2. The fourth-order valence-corrected chi connectivity index (χ4v) is 2.07. The molecule has 0 heterocycles. The Kier molecular flexibility index (Phi) is 5.78. The Balaban J connectivity index is 2.35. The minimum atomic E-state index is -0.475. The molecule has 3 heteroatoms. The first kappa shape index (κ1) is 15.8. The number of ether oxygens (including phenoxy) is 2. The Bertz CT molecular complexity index is 647. The lowest BCUT2D eigenvalue weighted by Gasteiger charge is -2.14. The Morgan fingerprint density at radius 2 is 1.64 bits per heavy atom. The van der Waals surface area contributed by atoms with E-state index in [1.807, 2.05) is 42.5 Å². The zero-order chi connectivity index (χ0) is 15.8. The van der Waals surface area contributed by atoms with Gasteiger partial charge in [-0.25, -0.2) is 4.79 Å². The number of hydrogen-bond acceptors (Lipinski definition) is 3. The number of benzene rings is 2. The Morgan fingerprint density at radius 1 is 1.05 bits per heavy atom. The van der Waals surface area contributed by atoms with Crippen LogP contribution in [0.4, 0.5) is 0 Å². The van der Waals surface area contributed by atoms with E-state index in [2.05, 4.69) is 13.5 Å². The first-order valence-electron chi connectivity index (χ1n) is 7.41. The third-order valence-electron chi connectivity index (χ3n) is 3.20. The standard InChI is InChI=1S/C19H20O3/c1-3-5-14-21-17-12-8-6-10-15(17)16-11-7-9-13-18(16)22-19(20)4-2/h4,6-13H,2-3,5,14H2,1H3. The summed E-state index contributed by atoms with van der Waals surface area (Å²) >= 11 is 0. The number of para-hydroxylation sites is 2. The molecule has 3 nitrogen and oxygen atoms in total. The summed E-state index contributed by atoms with van der Waals surface area (Å²) in [6.45, 7) is 6.22. The summed E-state index contributed by atoms with van der Waals surface area (Å²) in [5, 5.41) is 0. The van der Waals surface area contributed by atoms with Crippen molar-refractivity contribution in [2.45, 2.75) is 19.8 Å². The average Bonchev–Trinajstić information content (AvgIpc) is 2.56. The molecule has 0 aliphatic heterocycles. The van der Waals surface area contributed by atoms with Crippen LogP contribution in [0.1, 0.15) is 19.8 Å². The van der Waals surface area contributed by atoms with E-state index in [1.54, 1.807) is 6.07 Å². The summed E-state index contributed by atoms with van der Waals surface area (Å²) in [5.41, 5.74) is 1.73. The molecule has 0 fully saturated rings. The highest BCUT2D eigenvalue weighted by Gasteiger charge is 2.12. The smallest absolute Gasteiger partial charge is 0.335 e. The topological polar surface area (TPSA) is 35.5 Å². The van der Waals surface area contributed by atoms with Gasteiger partial charge in [-0.3, -0.25) is 0 Å². The normalized spacial score (nSPS) is 10.0. The van der Waals surface area contributed by atoms with E-state index >= 15 is 0 Å². The van der Waals surface area contributed by atoms with Crippen LogP contribution in [0.3, 0.4) is 0 Å². The third-order valence-corrected chi connectivity index (χ3v) is 3.20. The van der Waals surface area contributed by atoms with Crippen molar-refractivity contribution in [1.29, 1.82) is 0 Å². The molecule has 0 saturated carbocycles. The van der Waals surface area contributed by atoms with Gasteiger partial charge in [0.25, 0.3) is 0 Å². The number of rotatable bonds is 7. The van der Waals surface area contributed by atoms with Crippen molar-refractivity contribution in [1.82, 2.24) is 0 Å². The predicted octanol–water partition coefficient (Wildman–Crippen LogP) is 4.62. The minimum Gasteiger partial charge on any atom is -0.493 e. The van der Waals surface area contributed by atoms with Crippen molar-refractivity contribution >= 4 is 5.97 Å². The molecule has 0 amide bonds. The Hall–Kier alpha value is -2.55. The zero-order valence-corrected chi connectivity index (χ0v) is 12.7. The van der Waals surface area contributed by atoms with E-state index in [9.17, 15) is 4.79 Å². The molecular formula is C19H20O3. The number of hydrogen-bond donors (Lipinski definition) is 0. The van der Waals surface area contributed by atoms with Crippen LogP contribution in [0.2, 0.25) is 0 Å². The Labute approximate surface area is 131 Å². The second-order valence-electron chi connectivity index (χ2n) is 4.82. The number of unbranched alkanes of at least 4 members (excludes halogenated alkanes) is 1. The maximum atomic E-state index is 11.5. The Morgan fingerprint density at radius 3 is 2.27 bits per heavy atom. The molecule has 0 unspecified atom stereocenters. The minimum absolute atomic E-state index is 0.475. The molecule has 0 spiro atoms. The van der Waals surface area contributed by atoms with Crippen LogP contribution in [0.15, 0.2) is 61.2 Å². The molecule has 2 rings (SSSR count). The van der Waals surface area contributed by atoms with Crippen LogP contribution in [0.5, 0.6) is 11.5 Å². The molecule has 0 aliphatic rings. The fraction of sp³-hybridized carbons (Fsp3) is 0.211. The summed E-state index contributed by atoms with van der Waals surface area (Å²) in [7, 11) is 0. The van der Waals surface area contributed by atoms with Crippen LogP contribution >= 0.6 is 0 Å². The van der Waals surface area contributed by atoms with Gasteiger partial charge >= 0.3 is 5.97 Å². The zero-order valence-electron chi connectivity index (χ0n) is 12.7. The lowest BCUT2D eigenvalue weighted by atomic mass is 10.0. The molecular weight excluding hydrogens is 276 g/mol. The molecule has 114 valence electrons. The summed E-state index contributed by atoms with van der Waals surface area (Å²) in [4.78, 5) is 11.5. The maximum Gasteiger partial charge on any atom is 0.335 e. The van der Waals surface area contributed by atoms with Gasteiger partial charge in [0.1, 0.15) is 11.5 Å². The molecule has 2 aromatic carbocycles. The largest absolute Gasteiger partial charge is 0.493 e. The number of carbonyl (C=O) groups excluding carboxylic acids is 1. The van der Waals surface area contributed by atoms with Crippen molar-refractivity contribution in [2.24, 2.45) is 0 Å². The van der Waals surface area contributed by atoms with Gasteiger partial charge in [0, 0.05) is 17.2 Å². The van der Waals surface area contributed by atoms with E-state index in [4.69, 9.17) is 9.47 Å². The molecule has 22 heavy (non-hydrogen) atoms. The molecule has 0 aromatic heterocycles. The second-order valence-corrected chi connectivity index (χ2v) is 4.82. The molecule has 2 aromatic rings. The van der Waals surface area contributed by atoms with Crippen LogP contribution in [0, 0.1) is 0 Å². The SMILES string of the molecule is C=CC(=O)Oc1ccccc1-c1ccccc1OCCCC. The molecule has 0 radical (unpaired) electrons. The summed E-state index contributed by atoms with van der Waals surface area (Å²) in [6.07, 6.45) is 3.23. The van der Waals surface area contributed by atoms with E-state index in [1.165, 1.54) is 0 Å². The first-order valence-corrected chi connectivity index (χ1v) is 7.41. The highest BCUT2D eigenvalue weighted by molar-refractivity contribution is 5.86. The highest BCUT2D eigenvalue weighted by Crippen LogP contribution is 2.36. The van der Waals surface area contributed by atoms with E-state index in [0.717, 1.165) is 35.8 Å². The van der Waals surface area contributed by atoms with Crippen molar-refractivity contribution in [2.75, 3.05) is 6.61 Å². The van der Waals surface area contributed by atoms with Gasteiger partial charge in [0.05, 0.1) is 6.61 Å². The van der Waals surface area contributed by atoms with Crippen molar-refractivity contribution in [3.8, 4) is 22.6 Å². The molecule has 0 atom stereocenters. The quantitative estimate of drug-likeness (QED) is 0.323. The van der Waals surface area contributed by atoms with Crippen LogP contribution in [0.25, 0.3) is 11.1 Å². The number of carbonyl (C=O) groups is 1. The number of esters is 1. The second kappa shape index (κ2) is 8.03. The van der Waals surface area contributed by atoms with Gasteiger partial charge in [-0.2, -0.15) is 0 Å². The fourth-order valence-electron chi connectivity index (χ4n) is 2.07. The van der Waals surface area contributed by atoms with Crippen molar-refractivity contribution in [3.63, 3.8) is 0 Å². The van der Waals surface area contributed by atoms with Gasteiger partial charge in [0.15, 0.2) is 0 Å². The molecule has 0 saturated heterocycles. The van der Waals surface area contributed by atoms with Crippen LogP contribution in [-0.4, -0.2) is 12.6 Å². The summed E-state index contributed by atoms with van der Waals surface area (Å²) < 4.78 is 11.2. The van der Waals surface area contributed by atoms with Gasteiger partial charge in [-0.1, -0.05) is 56.3 Å². The van der Waals surface area contributed by atoms with E-state index in [0.29, 0.717) is 12.4 Å². The maximum absolute atomic E-state index is 11.5. The molecule has 0 bridgehead atoms. The van der Waals surface area contributed by atoms with Gasteiger partial charge < -0.3 is 9.47 Å². The highest BCUT2D eigenvalue weighted by atomic mass is 16.5. The van der Waals surface area contributed by atoms with E-state index < -0.39 is 5.97 Å². The van der Waals surface area contributed by atoms with E-state index in [-0.39, 0.29) is 0 Å². The first-order chi connectivity index (χ1) is 10.8.